The van der Waals surface area contributed by atoms with Crippen LogP contribution in [0.15, 0.2) is 48.5 Å². The Labute approximate surface area is 203 Å². The topological polar surface area (TPSA) is 94.1 Å². The summed E-state index contributed by atoms with van der Waals surface area (Å²) in [7, 11) is 1.64. The fourth-order valence-electron chi connectivity index (χ4n) is 4.36. The van der Waals surface area contributed by atoms with Gasteiger partial charge in [0.2, 0.25) is 5.95 Å². The van der Waals surface area contributed by atoms with Gasteiger partial charge in [-0.2, -0.15) is 4.98 Å². The van der Waals surface area contributed by atoms with E-state index in [4.69, 9.17) is 37.1 Å². The van der Waals surface area contributed by atoms with Gasteiger partial charge < -0.3 is 20.7 Å². The van der Waals surface area contributed by atoms with Crippen LogP contribution in [0.1, 0.15) is 19.3 Å². The molecule has 1 aliphatic rings. The lowest BCUT2D eigenvalue weighted by atomic mass is 10.1. The number of nitrogens with two attached hydrogens (primary N) is 1. The molecule has 1 fully saturated rings. The number of rotatable bonds is 7. The normalized spacial score (nSPS) is 14.4. The number of piperidine rings is 1. The third kappa shape index (κ3) is 4.64. The lowest BCUT2D eigenvalue weighted by Crippen LogP contribution is -2.33. The molecule has 0 atom stereocenters. The summed E-state index contributed by atoms with van der Waals surface area (Å²) in [5.74, 6) is 1.76. The zero-order chi connectivity index (χ0) is 23.5. The Hall–Kier alpha value is -3.36. The predicted molar refractivity (Wildman–Crippen MR) is 137 cm³/mol. The van der Waals surface area contributed by atoms with Gasteiger partial charge >= 0.3 is 0 Å². The molecule has 4 aromatic rings. The second-order valence-electron chi connectivity index (χ2n) is 8.43. The smallest absolute Gasteiger partial charge is 0.225 e. The summed E-state index contributed by atoms with van der Waals surface area (Å²) >= 11 is 6.30. The van der Waals surface area contributed by atoms with Crippen molar-refractivity contribution in [2.75, 3.05) is 44.3 Å². The number of anilines is 2. The Balaban J connectivity index is 1.53. The van der Waals surface area contributed by atoms with Crippen molar-refractivity contribution in [1.82, 2.24) is 24.6 Å². The van der Waals surface area contributed by atoms with Crippen LogP contribution in [0, 0.1) is 0 Å². The van der Waals surface area contributed by atoms with Gasteiger partial charge in [-0.1, -0.05) is 30.2 Å². The number of aromatic nitrogens is 4. The number of methoxy groups -OCH3 is 1. The summed E-state index contributed by atoms with van der Waals surface area (Å²) in [4.78, 5) is 12.0. The minimum Gasteiger partial charge on any atom is -0.497 e. The van der Waals surface area contributed by atoms with E-state index >= 15 is 0 Å². The number of ether oxygens (including phenoxy) is 1. The van der Waals surface area contributed by atoms with Gasteiger partial charge in [0.15, 0.2) is 5.65 Å². The fraction of sp³-hybridized carbons (Fsp3) is 0.320. The molecule has 0 bridgehead atoms. The maximum Gasteiger partial charge on any atom is 0.225 e. The Kier molecular flexibility index (Phi) is 6.51. The number of nitrogens with zero attached hydrogens (tertiary/aromatic N) is 5. The molecule has 0 aliphatic carbocycles. The van der Waals surface area contributed by atoms with Crippen LogP contribution in [-0.2, 0) is 0 Å². The average Bonchev–Trinajstić information content (AvgIpc) is 3.20. The van der Waals surface area contributed by atoms with Crippen molar-refractivity contribution in [3.05, 3.63) is 53.6 Å². The SMILES string of the molecule is COc1ccc(-n2nc3nc(NCCN4CCCCC4)nc(-c4cccc(Cl)c4)c3c2N)cc1. The molecule has 2 aromatic carbocycles. The maximum absolute atomic E-state index is 6.59. The third-order valence-electron chi connectivity index (χ3n) is 6.14. The molecule has 34 heavy (non-hydrogen) atoms. The first kappa shape index (κ1) is 22.4. The number of halogens is 1. The van der Waals surface area contributed by atoms with Crippen LogP contribution in [0.3, 0.4) is 0 Å². The summed E-state index contributed by atoms with van der Waals surface area (Å²) in [6.45, 7) is 4.02. The number of benzene rings is 2. The van der Waals surface area contributed by atoms with Gasteiger partial charge in [0.1, 0.15) is 11.6 Å². The van der Waals surface area contributed by atoms with E-state index in [1.54, 1.807) is 11.8 Å². The first-order valence-corrected chi connectivity index (χ1v) is 11.9. The van der Waals surface area contributed by atoms with Gasteiger partial charge in [0, 0.05) is 23.7 Å². The molecule has 1 saturated heterocycles. The molecule has 0 spiro atoms. The van der Waals surface area contributed by atoms with Crippen LogP contribution in [0.25, 0.3) is 28.0 Å². The molecule has 0 unspecified atom stereocenters. The lowest BCUT2D eigenvalue weighted by Gasteiger charge is -2.26. The second-order valence-corrected chi connectivity index (χ2v) is 8.87. The third-order valence-corrected chi connectivity index (χ3v) is 6.38. The fourth-order valence-corrected chi connectivity index (χ4v) is 4.55. The highest BCUT2D eigenvalue weighted by molar-refractivity contribution is 6.30. The van der Waals surface area contributed by atoms with Crippen molar-refractivity contribution in [2.24, 2.45) is 0 Å². The summed E-state index contributed by atoms with van der Waals surface area (Å²) < 4.78 is 6.96. The van der Waals surface area contributed by atoms with E-state index in [1.165, 1.54) is 19.3 Å². The van der Waals surface area contributed by atoms with Gasteiger partial charge in [-0.3, -0.25) is 0 Å². The van der Waals surface area contributed by atoms with Crippen molar-refractivity contribution < 1.29 is 4.74 Å². The molecule has 2 aromatic heterocycles. The number of nitrogens with one attached hydrogen (secondary N) is 1. The Morgan fingerprint density at radius 2 is 1.85 bits per heavy atom. The quantitative estimate of drug-likeness (QED) is 0.401. The van der Waals surface area contributed by atoms with Crippen LogP contribution in [0.4, 0.5) is 11.8 Å². The minimum absolute atomic E-state index is 0.468. The van der Waals surface area contributed by atoms with Crippen LogP contribution < -0.4 is 15.8 Å². The van der Waals surface area contributed by atoms with Crippen molar-refractivity contribution >= 4 is 34.4 Å². The van der Waals surface area contributed by atoms with Crippen LogP contribution in [0.5, 0.6) is 5.75 Å². The largest absolute Gasteiger partial charge is 0.497 e. The van der Waals surface area contributed by atoms with E-state index in [9.17, 15) is 0 Å². The van der Waals surface area contributed by atoms with Gasteiger partial charge in [0.25, 0.3) is 0 Å². The van der Waals surface area contributed by atoms with Gasteiger partial charge in [0.05, 0.1) is 23.9 Å². The van der Waals surface area contributed by atoms with E-state index in [0.29, 0.717) is 33.5 Å². The second kappa shape index (κ2) is 9.87. The molecule has 3 N–H and O–H groups in total. The van der Waals surface area contributed by atoms with Crippen LogP contribution in [0.2, 0.25) is 5.02 Å². The number of nitrogen functional groups attached to an aromatic ring is 1. The summed E-state index contributed by atoms with van der Waals surface area (Å²) in [6.07, 6.45) is 3.86. The van der Waals surface area contributed by atoms with E-state index in [-0.39, 0.29) is 0 Å². The molecular formula is C25H28ClN7O. The molecule has 9 heteroatoms. The molecule has 8 nitrogen and oxygen atoms in total. The minimum atomic E-state index is 0.468. The monoisotopic (exact) mass is 477 g/mol. The average molecular weight is 478 g/mol. The summed E-state index contributed by atoms with van der Waals surface area (Å²) in [5.41, 5.74) is 9.49. The highest BCUT2D eigenvalue weighted by Crippen LogP contribution is 2.34. The molecule has 0 saturated carbocycles. The van der Waals surface area contributed by atoms with Crippen molar-refractivity contribution in [3.63, 3.8) is 0 Å². The van der Waals surface area contributed by atoms with Crippen LogP contribution in [-0.4, -0.2) is 57.9 Å². The zero-order valence-electron chi connectivity index (χ0n) is 19.2. The molecule has 5 rings (SSSR count). The molecular weight excluding hydrogens is 450 g/mol. The van der Waals surface area contributed by atoms with Crippen molar-refractivity contribution in [2.45, 2.75) is 19.3 Å². The Morgan fingerprint density at radius 3 is 2.59 bits per heavy atom. The highest BCUT2D eigenvalue weighted by Gasteiger charge is 2.20. The summed E-state index contributed by atoms with van der Waals surface area (Å²) in [6, 6.07) is 15.2. The number of hydrogen-bond donors (Lipinski definition) is 2. The van der Waals surface area contributed by atoms with Crippen molar-refractivity contribution in [1.29, 1.82) is 0 Å². The maximum atomic E-state index is 6.59. The molecule has 1 aliphatic heterocycles. The van der Waals surface area contributed by atoms with Crippen molar-refractivity contribution in [3.8, 4) is 22.7 Å². The number of fused-ring (bicyclic) bond motifs is 1. The van der Waals surface area contributed by atoms with Crippen LogP contribution >= 0.6 is 11.6 Å². The lowest BCUT2D eigenvalue weighted by molar-refractivity contribution is 0.237. The van der Waals surface area contributed by atoms with E-state index in [2.05, 4.69) is 10.2 Å². The van der Waals surface area contributed by atoms with Gasteiger partial charge in [-0.05, 0) is 62.3 Å². The molecule has 176 valence electrons. The van der Waals surface area contributed by atoms with E-state index in [0.717, 1.165) is 43.2 Å². The van der Waals surface area contributed by atoms with E-state index < -0.39 is 0 Å². The number of hydrogen-bond acceptors (Lipinski definition) is 7. The van der Waals surface area contributed by atoms with Gasteiger partial charge in [-0.25, -0.2) is 9.67 Å². The zero-order valence-corrected chi connectivity index (χ0v) is 19.9. The van der Waals surface area contributed by atoms with Gasteiger partial charge in [-0.15, -0.1) is 5.10 Å². The molecule has 3 heterocycles. The Bertz CT molecular complexity index is 1280. The molecule has 0 amide bonds. The highest BCUT2D eigenvalue weighted by atomic mass is 35.5. The first-order valence-electron chi connectivity index (χ1n) is 11.6. The molecule has 0 radical (unpaired) electrons. The number of likely N-dealkylation sites (tertiary alicyclic amines) is 1. The standard InChI is InChI=1S/C25H28ClN7O/c1-34-20-10-8-19(9-11-20)33-23(27)21-22(17-6-5-7-18(26)16-17)29-25(30-24(21)31-33)28-12-15-32-13-3-2-4-14-32/h5-11,16H,2-4,12-15,27H2,1H3,(H,28,30,31). The first-order chi connectivity index (χ1) is 16.6. The summed E-state index contributed by atoms with van der Waals surface area (Å²) in [5, 5.41) is 9.43. The Morgan fingerprint density at radius 1 is 1.06 bits per heavy atom. The van der Waals surface area contributed by atoms with E-state index in [1.807, 2.05) is 48.5 Å². The predicted octanol–water partition coefficient (Wildman–Crippen LogP) is 4.62.